The fourth-order valence-electron chi connectivity index (χ4n) is 1.96. The van der Waals surface area contributed by atoms with Gasteiger partial charge in [0, 0.05) is 5.56 Å². The van der Waals surface area contributed by atoms with E-state index in [0.717, 1.165) is 23.1 Å². The van der Waals surface area contributed by atoms with Crippen molar-refractivity contribution in [2.24, 2.45) is 0 Å². The van der Waals surface area contributed by atoms with Gasteiger partial charge in [0.25, 0.3) is 5.91 Å². The van der Waals surface area contributed by atoms with E-state index in [4.69, 9.17) is 4.74 Å². The first-order valence-corrected chi connectivity index (χ1v) is 6.24. The first-order chi connectivity index (χ1) is 9.49. The van der Waals surface area contributed by atoms with Gasteiger partial charge in [-0.1, -0.05) is 0 Å². The van der Waals surface area contributed by atoms with E-state index in [1.165, 1.54) is 0 Å². The molecule has 2 rings (SSSR count). The van der Waals surface area contributed by atoms with Crippen LogP contribution in [0, 0.1) is 0 Å². The van der Waals surface area contributed by atoms with Gasteiger partial charge in [-0.3, -0.25) is 4.79 Å². The molecule has 0 radical (unpaired) electrons. The molecule has 0 atom stereocenters. The lowest BCUT2D eigenvalue weighted by Gasteiger charge is -2.23. The molecular formula is C14H14F3NO3. The third kappa shape index (κ3) is 3.17. The summed E-state index contributed by atoms with van der Waals surface area (Å²) in [6, 6.07) is 2.80. The lowest BCUT2D eigenvalue weighted by molar-refractivity contribution is -0.137. The Labute approximate surface area is 119 Å². The molecule has 1 aliphatic heterocycles. The highest BCUT2D eigenvalue weighted by Gasteiger charge is 2.37. The van der Waals surface area contributed by atoms with Crippen LogP contribution in [0.1, 0.15) is 42.3 Å². The van der Waals surface area contributed by atoms with Crippen molar-refractivity contribution in [3.63, 3.8) is 0 Å². The fourth-order valence-corrected chi connectivity index (χ4v) is 1.96. The van der Waals surface area contributed by atoms with E-state index in [1.54, 1.807) is 20.8 Å². The maximum Gasteiger partial charge on any atom is 0.417 e. The summed E-state index contributed by atoms with van der Waals surface area (Å²) in [5, 5.41) is 0. The predicted molar refractivity (Wildman–Crippen MR) is 67.6 cm³/mol. The van der Waals surface area contributed by atoms with E-state index in [9.17, 15) is 22.8 Å². The second-order valence-electron chi connectivity index (χ2n) is 5.74. The summed E-state index contributed by atoms with van der Waals surface area (Å²) < 4.78 is 43.0. The van der Waals surface area contributed by atoms with Gasteiger partial charge < -0.3 is 4.74 Å². The van der Waals surface area contributed by atoms with Crippen molar-refractivity contribution in [2.45, 2.75) is 39.1 Å². The van der Waals surface area contributed by atoms with E-state index in [1.807, 2.05) is 0 Å². The van der Waals surface area contributed by atoms with Crippen LogP contribution in [0.2, 0.25) is 0 Å². The molecule has 1 aromatic rings. The third-order valence-corrected chi connectivity index (χ3v) is 2.85. The second-order valence-corrected chi connectivity index (χ2v) is 5.74. The largest absolute Gasteiger partial charge is 0.443 e. The third-order valence-electron chi connectivity index (χ3n) is 2.85. The number of imide groups is 1. The van der Waals surface area contributed by atoms with Crippen LogP contribution in [0.25, 0.3) is 0 Å². The van der Waals surface area contributed by atoms with Crippen LogP contribution in [0.4, 0.5) is 18.0 Å². The Morgan fingerprint density at radius 3 is 2.38 bits per heavy atom. The summed E-state index contributed by atoms with van der Waals surface area (Å²) in [5.74, 6) is -0.645. The van der Waals surface area contributed by atoms with Crippen molar-refractivity contribution < 1.29 is 27.5 Å². The molecule has 1 heterocycles. The molecule has 21 heavy (non-hydrogen) atoms. The number of hydrogen-bond donors (Lipinski definition) is 0. The van der Waals surface area contributed by atoms with Crippen LogP contribution in [0.15, 0.2) is 18.2 Å². The maximum atomic E-state index is 12.6. The number of fused-ring (bicyclic) bond motifs is 1. The minimum Gasteiger partial charge on any atom is -0.443 e. The van der Waals surface area contributed by atoms with Crippen LogP contribution in [-0.4, -0.2) is 22.5 Å². The SMILES string of the molecule is CC(C)(C)OC(=O)N1Cc2cc(C(F)(F)F)ccc2C1=O. The Hall–Kier alpha value is -2.05. The zero-order valence-electron chi connectivity index (χ0n) is 11.7. The number of hydrogen-bond acceptors (Lipinski definition) is 3. The predicted octanol–water partition coefficient (Wildman–Crippen LogP) is 3.60. The van der Waals surface area contributed by atoms with Crippen LogP contribution in [-0.2, 0) is 17.5 Å². The Morgan fingerprint density at radius 2 is 1.86 bits per heavy atom. The summed E-state index contributed by atoms with van der Waals surface area (Å²) in [4.78, 5) is 24.7. The average molecular weight is 301 g/mol. The minimum atomic E-state index is -4.49. The number of ether oxygens (including phenoxy) is 1. The van der Waals surface area contributed by atoms with Gasteiger partial charge in [-0.05, 0) is 44.5 Å². The standard InChI is InChI=1S/C14H14F3NO3/c1-13(2,3)21-12(20)18-7-8-6-9(14(15,16)17)4-5-10(8)11(18)19/h4-6H,7H2,1-3H3. The summed E-state index contributed by atoms with van der Waals surface area (Å²) in [6.45, 7) is 4.70. The highest BCUT2D eigenvalue weighted by molar-refractivity contribution is 6.06. The highest BCUT2D eigenvalue weighted by atomic mass is 19.4. The van der Waals surface area contributed by atoms with Crippen molar-refractivity contribution in [1.82, 2.24) is 4.90 Å². The number of rotatable bonds is 0. The van der Waals surface area contributed by atoms with Gasteiger partial charge in [-0.15, -0.1) is 0 Å². The molecule has 0 bridgehead atoms. The molecule has 0 fully saturated rings. The summed E-state index contributed by atoms with van der Waals surface area (Å²) >= 11 is 0. The molecule has 0 aliphatic carbocycles. The topological polar surface area (TPSA) is 46.6 Å². The Morgan fingerprint density at radius 1 is 1.24 bits per heavy atom. The van der Waals surface area contributed by atoms with Gasteiger partial charge in [0.15, 0.2) is 0 Å². The van der Waals surface area contributed by atoms with Crippen LogP contribution in [0.3, 0.4) is 0 Å². The highest BCUT2D eigenvalue weighted by Crippen LogP contribution is 2.33. The summed E-state index contributed by atoms with van der Waals surface area (Å²) in [7, 11) is 0. The Kier molecular flexibility index (Phi) is 3.47. The number of alkyl halides is 3. The van der Waals surface area contributed by atoms with Gasteiger partial charge in [0.1, 0.15) is 5.60 Å². The molecule has 0 unspecified atom stereocenters. The van der Waals surface area contributed by atoms with E-state index in [0.29, 0.717) is 0 Å². The van der Waals surface area contributed by atoms with Crippen LogP contribution < -0.4 is 0 Å². The zero-order chi connectivity index (χ0) is 16.0. The van der Waals surface area contributed by atoms with E-state index < -0.39 is 29.3 Å². The van der Waals surface area contributed by atoms with E-state index in [-0.39, 0.29) is 17.7 Å². The minimum absolute atomic E-state index is 0.0915. The summed E-state index contributed by atoms with van der Waals surface area (Å²) in [6.07, 6.45) is -5.35. The quantitative estimate of drug-likeness (QED) is 0.735. The Balaban J connectivity index is 2.26. The molecule has 4 nitrogen and oxygen atoms in total. The molecule has 1 aliphatic rings. The van der Waals surface area contributed by atoms with Crippen molar-refractivity contribution in [1.29, 1.82) is 0 Å². The zero-order valence-corrected chi connectivity index (χ0v) is 11.7. The van der Waals surface area contributed by atoms with Crippen molar-refractivity contribution in [2.75, 3.05) is 0 Å². The van der Waals surface area contributed by atoms with E-state index in [2.05, 4.69) is 0 Å². The van der Waals surface area contributed by atoms with Gasteiger partial charge in [-0.25, -0.2) is 9.69 Å². The number of amides is 2. The van der Waals surface area contributed by atoms with Gasteiger partial charge in [-0.2, -0.15) is 13.2 Å². The van der Waals surface area contributed by atoms with Gasteiger partial charge in [0.2, 0.25) is 0 Å². The first-order valence-electron chi connectivity index (χ1n) is 6.24. The molecule has 0 aromatic heterocycles. The molecule has 0 saturated heterocycles. The van der Waals surface area contributed by atoms with Crippen molar-refractivity contribution in [3.05, 3.63) is 34.9 Å². The molecule has 0 N–H and O–H groups in total. The number of halogens is 3. The molecule has 7 heteroatoms. The lowest BCUT2D eigenvalue weighted by Crippen LogP contribution is -2.36. The molecular weight excluding hydrogens is 287 g/mol. The Bertz CT molecular complexity index is 602. The number of benzene rings is 1. The molecule has 114 valence electrons. The van der Waals surface area contributed by atoms with Crippen molar-refractivity contribution in [3.8, 4) is 0 Å². The van der Waals surface area contributed by atoms with Crippen LogP contribution >= 0.6 is 0 Å². The van der Waals surface area contributed by atoms with Gasteiger partial charge >= 0.3 is 12.3 Å². The molecule has 0 saturated carbocycles. The van der Waals surface area contributed by atoms with Gasteiger partial charge in [0.05, 0.1) is 12.1 Å². The molecule has 1 aromatic carbocycles. The summed E-state index contributed by atoms with van der Waals surface area (Å²) in [5.41, 5.74) is -1.38. The molecule has 2 amide bonds. The fraction of sp³-hybridized carbons (Fsp3) is 0.429. The second kappa shape index (κ2) is 4.75. The number of carbonyl (C=O) groups excluding carboxylic acids is 2. The molecule has 0 spiro atoms. The normalized spacial score (nSPS) is 15.1. The number of nitrogens with zero attached hydrogens (tertiary/aromatic N) is 1. The lowest BCUT2D eigenvalue weighted by atomic mass is 10.1. The first kappa shape index (κ1) is 15.3. The smallest absolute Gasteiger partial charge is 0.417 e. The monoisotopic (exact) mass is 301 g/mol. The average Bonchev–Trinajstić information content (AvgIpc) is 2.63. The van der Waals surface area contributed by atoms with Crippen LogP contribution in [0.5, 0.6) is 0 Å². The van der Waals surface area contributed by atoms with E-state index >= 15 is 0 Å². The van der Waals surface area contributed by atoms with Crippen molar-refractivity contribution >= 4 is 12.0 Å². The number of carbonyl (C=O) groups is 2. The maximum absolute atomic E-state index is 12.6.